The van der Waals surface area contributed by atoms with E-state index in [1.54, 1.807) is 0 Å². The Hall–Kier alpha value is -2.21. The maximum Gasteiger partial charge on any atom is 0.307 e. The number of carboxylic acids is 1. The molecule has 2 aliphatic rings. The molecule has 4 atom stereocenters. The first kappa shape index (κ1) is 16.3. The van der Waals surface area contributed by atoms with Gasteiger partial charge in [0.05, 0.1) is 17.5 Å². The summed E-state index contributed by atoms with van der Waals surface area (Å²) in [6, 6.07) is 8.07. The van der Waals surface area contributed by atoms with Crippen LogP contribution in [0.1, 0.15) is 24.8 Å². The van der Waals surface area contributed by atoms with Crippen molar-refractivity contribution in [1.29, 1.82) is 0 Å². The molecule has 25 heavy (non-hydrogen) atoms. The first-order chi connectivity index (χ1) is 12.0. The molecule has 1 amide bonds. The zero-order valence-electron chi connectivity index (χ0n) is 13.9. The van der Waals surface area contributed by atoms with Crippen molar-refractivity contribution in [3.05, 3.63) is 35.2 Å². The maximum atomic E-state index is 12.7. The van der Waals surface area contributed by atoms with Gasteiger partial charge in [0.15, 0.2) is 5.13 Å². The zero-order chi connectivity index (χ0) is 17.6. The largest absolute Gasteiger partial charge is 0.481 e. The van der Waals surface area contributed by atoms with Gasteiger partial charge in [0, 0.05) is 10.9 Å². The normalized spacial score (nSPS) is 27.4. The highest BCUT2D eigenvalue weighted by molar-refractivity contribution is 7.14. The fourth-order valence-electron chi connectivity index (χ4n) is 4.40. The van der Waals surface area contributed by atoms with Gasteiger partial charge in [0.2, 0.25) is 5.91 Å². The van der Waals surface area contributed by atoms with Gasteiger partial charge in [-0.3, -0.25) is 9.59 Å². The number of hydrogen-bond donors (Lipinski definition) is 2. The van der Waals surface area contributed by atoms with Crippen LogP contribution in [0, 0.1) is 30.6 Å². The number of carbonyl (C=O) groups is 2. The number of amides is 1. The lowest BCUT2D eigenvalue weighted by Crippen LogP contribution is -2.37. The Labute approximate surface area is 150 Å². The van der Waals surface area contributed by atoms with Gasteiger partial charge in [-0.25, -0.2) is 4.98 Å². The smallest absolute Gasteiger partial charge is 0.307 e. The highest BCUT2D eigenvalue weighted by Gasteiger charge is 2.54. The Kier molecular flexibility index (Phi) is 4.07. The highest BCUT2D eigenvalue weighted by Crippen LogP contribution is 2.52. The van der Waals surface area contributed by atoms with Crippen molar-refractivity contribution in [2.24, 2.45) is 23.7 Å². The third-order valence-corrected chi connectivity index (χ3v) is 6.34. The van der Waals surface area contributed by atoms with Crippen molar-refractivity contribution < 1.29 is 14.7 Å². The van der Waals surface area contributed by atoms with Gasteiger partial charge in [-0.05, 0) is 38.0 Å². The SMILES string of the molecule is Cc1ccc(-c2csc(NC(=O)[C@H]3[C@@H]4CC[C@@H](C4)[C@@H]3C(=O)O)n2)cc1. The highest BCUT2D eigenvalue weighted by atomic mass is 32.1. The molecule has 1 aromatic heterocycles. The molecule has 2 saturated carbocycles. The number of fused-ring (bicyclic) bond motifs is 2. The zero-order valence-corrected chi connectivity index (χ0v) is 14.8. The first-order valence-corrected chi connectivity index (χ1v) is 9.47. The molecule has 0 unspecified atom stereocenters. The van der Waals surface area contributed by atoms with Crippen molar-refractivity contribution in [2.75, 3.05) is 5.32 Å². The van der Waals surface area contributed by atoms with Crippen LogP contribution in [0.5, 0.6) is 0 Å². The predicted molar refractivity (Wildman–Crippen MR) is 96.4 cm³/mol. The molecule has 2 N–H and O–H groups in total. The second kappa shape index (κ2) is 6.26. The van der Waals surface area contributed by atoms with E-state index in [2.05, 4.69) is 10.3 Å². The second-order valence-electron chi connectivity index (χ2n) is 7.12. The molecule has 2 bridgehead atoms. The lowest BCUT2D eigenvalue weighted by atomic mass is 9.79. The van der Waals surface area contributed by atoms with Crippen molar-refractivity contribution >= 4 is 28.3 Å². The Morgan fingerprint density at radius 1 is 1.16 bits per heavy atom. The summed E-state index contributed by atoms with van der Waals surface area (Å²) >= 11 is 1.37. The minimum absolute atomic E-state index is 0.151. The van der Waals surface area contributed by atoms with E-state index in [1.807, 2.05) is 36.6 Å². The number of hydrogen-bond acceptors (Lipinski definition) is 4. The number of carboxylic acid groups (broad SMARTS) is 1. The van der Waals surface area contributed by atoms with Crippen molar-refractivity contribution in [3.63, 3.8) is 0 Å². The third-order valence-electron chi connectivity index (χ3n) is 5.59. The van der Waals surface area contributed by atoms with E-state index >= 15 is 0 Å². The number of carbonyl (C=O) groups excluding carboxylic acids is 1. The van der Waals surface area contributed by atoms with Crippen molar-refractivity contribution in [2.45, 2.75) is 26.2 Å². The van der Waals surface area contributed by atoms with Crippen LogP contribution < -0.4 is 5.32 Å². The van der Waals surface area contributed by atoms with E-state index in [-0.39, 0.29) is 17.7 Å². The van der Waals surface area contributed by atoms with Gasteiger partial charge in [0.1, 0.15) is 0 Å². The molecule has 1 heterocycles. The number of thiazole rings is 1. The minimum Gasteiger partial charge on any atom is -0.481 e. The molecule has 2 aromatic rings. The summed E-state index contributed by atoms with van der Waals surface area (Å²) in [7, 11) is 0. The Morgan fingerprint density at radius 3 is 2.52 bits per heavy atom. The molecule has 0 spiro atoms. The lowest BCUT2D eigenvalue weighted by Gasteiger charge is -2.26. The number of rotatable bonds is 4. The summed E-state index contributed by atoms with van der Waals surface area (Å²) in [5.41, 5.74) is 3.01. The summed E-state index contributed by atoms with van der Waals surface area (Å²) in [5.74, 6) is -1.66. The fraction of sp³-hybridized carbons (Fsp3) is 0.421. The van der Waals surface area contributed by atoms with Crippen LogP contribution in [0.25, 0.3) is 11.3 Å². The quantitative estimate of drug-likeness (QED) is 0.873. The third kappa shape index (κ3) is 2.95. The monoisotopic (exact) mass is 356 g/mol. The van der Waals surface area contributed by atoms with E-state index in [0.717, 1.165) is 30.5 Å². The summed E-state index contributed by atoms with van der Waals surface area (Å²) in [4.78, 5) is 28.8. The Balaban J connectivity index is 1.50. The molecule has 2 aliphatic carbocycles. The molecule has 0 aliphatic heterocycles. The number of aromatic nitrogens is 1. The molecule has 4 rings (SSSR count). The van der Waals surface area contributed by atoms with Crippen LogP contribution in [0.4, 0.5) is 5.13 Å². The van der Waals surface area contributed by atoms with Crippen LogP contribution in [-0.2, 0) is 9.59 Å². The van der Waals surface area contributed by atoms with Crippen LogP contribution in [0.2, 0.25) is 0 Å². The second-order valence-corrected chi connectivity index (χ2v) is 7.97. The van der Waals surface area contributed by atoms with Crippen molar-refractivity contribution in [3.8, 4) is 11.3 Å². The maximum absolute atomic E-state index is 12.7. The predicted octanol–water partition coefficient (Wildman–Crippen LogP) is 3.80. The topological polar surface area (TPSA) is 79.3 Å². The lowest BCUT2D eigenvalue weighted by molar-refractivity contribution is -0.148. The van der Waals surface area contributed by atoms with Gasteiger partial charge in [0.25, 0.3) is 0 Å². The summed E-state index contributed by atoms with van der Waals surface area (Å²) in [6.07, 6.45) is 2.75. The molecular formula is C19H20N2O3S. The van der Waals surface area contributed by atoms with Gasteiger partial charge >= 0.3 is 5.97 Å². The van der Waals surface area contributed by atoms with Crippen molar-refractivity contribution in [1.82, 2.24) is 4.98 Å². The van der Waals surface area contributed by atoms with E-state index < -0.39 is 17.8 Å². The van der Waals surface area contributed by atoms with E-state index in [1.165, 1.54) is 16.9 Å². The Morgan fingerprint density at radius 2 is 1.84 bits per heavy atom. The average Bonchev–Trinajstić information content (AvgIpc) is 3.30. The molecule has 5 nitrogen and oxygen atoms in total. The van der Waals surface area contributed by atoms with E-state index in [4.69, 9.17) is 0 Å². The van der Waals surface area contributed by atoms with Gasteiger partial charge in [-0.15, -0.1) is 11.3 Å². The number of anilines is 1. The number of nitrogens with zero attached hydrogens (tertiary/aromatic N) is 1. The van der Waals surface area contributed by atoms with E-state index in [9.17, 15) is 14.7 Å². The minimum atomic E-state index is -0.841. The first-order valence-electron chi connectivity index (χ1n) is 8.59. The number of benzene rings is 1. The van der Waals surface area contributed by atoms with Gasteiger partial charge in [-0.2, -0.15) is 0 Å². The summed E-state index contributed by atoms with van der Waals surface area (Å²) in [6.45, 7) is 2.03. The van der Waals surface area contributed by atoms with Crippen LogP contribution in [0.3, 0.4) is 0 Å². The molecule has 0 saturated heterocycles. The molecular weight excluding hydrogens is 336 g/mol. The van der Waals surface area contributed by atoms with Crippen LogP contribution in [-0.4, -0.2) is 22.0 Å². The molecule has 130 valence electrons. The molecule has 1 aromatic carbocycles. The van der Waals surface area contributed by atoms with Crippen LogP contribution in [0.15, 0.2) is 29.6 Å². The summed E-state index contributed by atoms with van der Waals surface area (Å²) < 4.78 is 0. The number of aryl methyl sites for hydroxylation is 1. The van der Waals surface area contributed by atoms with Gasteiger partial charge in [-0.1, -0.05) is 29.8 Å². The molecule has 0 radical (unpaired) electrons. The van der Waals surface area contributed by atoms with Gasteiger partial charge < -0.3 is 10.4 Å². The molecule has 2 fully saturated rings. The average molecular weight is 356 g/mol. The Bertz CT molecular complexity index is 814. The standard InChI is InChI=1S/C19H20N2O3S/c1-10-2-4-11(5-3-10)14-9-25-19(20-14)21-17(22)15-12-6-7-13(8-12)16(15)18(23)24/h2-5,9,12-13,15-16H,6-8H2,1H3,(H,23,24)(H,20,21,22)/t12-,13+,15+,16+/m1/s1. The summed E-state index contributed by atoms with van der Waals surface area (Å²) in [5, 5.41) is 14.8. The number of aliphatic carboxylic acids is 1. The fourth-order valence-corrected chi connectivity index (χ4v) is 5.12. The number of nitrogens with one attached hydrogen (secondary N) is 1. The molecule has 6 heteroatoms. The van der Waals surface area contributed by atoms with E-state index in [0.29, 0.717) is 5.13 Å². The van der Waals surface area contributed by atoms with Crippen LogP contribution >= 0.6 is 11.3 Å².